The second-order valence-corrected chi connectivity index (χ2v) is 9.15. The molecule has 1 atom stereocenters. The molecule has 0 saturated carbocycles. The summed E-state index contributed by atoms with van der Waals surface area (Å²) < 4.78 is 61.2. The van der Waals surface area contributed by atoms with E-state index in [2.05, 4.69) is 62.4 Å². The number of nitrogens with zero attached hydrogens (tertiary/aromatic N) is 1. The van der Waals surface area contributed by atoms with Crippen LogP contribution in [-0.4, -0.2) is 6.61 Å². The van der Waals surface area contributed by atoms with Gasteiger partial charge in [0.1, 0.15) is 0 Å². The molecule has 0 radical (unpaired) electrons. The van der Waals surface area contributed by atoms with Crippen molar-refractivity contribution < 1.29 is 34.7 Å². The van der Waals surface area contributed by atoms with Gasteiger partial charge in [-0.15, -0.1) is 0 Å². The van der Waals surface area contributed by atoms with Crippen molar-refractivity contribution >= 4 is 29.5 Å². The molecule has 1 unspecified atom stereocenters. The molecule has 0 aliphatic carbocycles. The minimum atomic E-state index is -10.7. The topological polar surface area (TPSA) is 13.1 Å². The first kappa shape index (κ1) is 24.2. The Morgan fingerprint density at radius 2 is 1.47 bits per heavy atom. The van der Waals surface area contributed by atoms with Crippen molar-refractivity contribution in [2.24, 2.45) is 5.92 Å². The number of benzene rings is 2. The molecule has 0 bridgehead atoms. The van der Waals surface area contributed by atoms with Gasteiger partial charge < -0.3 is 0 Å². The van der Waals surface area contributed by atoms with Crippen LogP contribution in [0.2, 0.25) is 0 Å². The second kappa shape index (κ2) is 8.58. The molecule has 0 aliphatic heterocycles. The molecule has 1 aromatic heterocycles. The minimum absolute atomic E-state index is 0.632. The number of fused-ring (bicyclic) bond motifs is 3. The summed E-state index contributed by atoms with van der Waals surface area (Å²) in [7, 11) is -10.7. The van der Waals surface area contributed by atoms with Gasteiger partial charge in [0.25, 0.3) is 5.52 Å². The molecule has 168 valence electrons. The fourth-order valence-electron chi connectivity index (χ4n) is 3.14. The van der Waals surface area contributed by atoms with Crippen LogP contribution in [0, 0.1) is 5.92 Å². The molecule has 0 aliphatic rings. The molecule has 0 N–H and O–H groups in total. The average Bonchev–Trinajstić information content (AvgIpc) is 2.65. The van der Waals surface area contributed by atoms with E-state index in [1.807, 2.05) is 10.9 Å². The third kappa shape index (κ3) is 8.74. The van der Waals surface area contributed by atoms with E-state index in [0.717, 1.165) is 12.1 Å². The first-order valence-corrected chi connectivity index (χ1v) is 11.8. The molecule has 0 saturated heterocycles. The first-order chi connectivity index (χ1) is 13.8. The van der Waals surface area contributed by atoms with Crippen LogP contribution < -0.4 is 9.57 Å². The van der Waals surface area contributed by atoms with Crippen molar-refractivity contribution in [2.45, 2.75) is 39.5 Å². The van der Waals surface area contributed by atoms with E-state index in [0.29, 0.717) is 5.92 Å². The third-order valence-electron chi connectivity index (χ3n) is 4.64. The maximum atomic E-state index is 9.87. The standard InChI is InChI=1S/C21H26NO.F6P/c1-3-5-9-17(4-2)16-23-22-15-8-11-19-14-13-18-10-6-7-12-20(18)21(19)22;1-7(2,3,4,5)6/h6-8,10-15,17H,3-5,9,16H2,1-2H3;/q+1;-1. The van der Waals surface area contributed by atoms with Crippen LogP contribution >= 0.6 is 7.81 Å². The molecule has 0 amide bonds. The zero-order valence-electron chi connectivity index (χ0n) is 16.9. The number of hydrogen-bond acceptors (Lipinski definition) is 1. The number of unbranched alkanes of at least 4 members (excludes halogenated alkanes) is 1. The predicted octanol–water partition coefficient (Wildman–Crippen LogP) is 8.31. The van der Waals surface area contributed by atoms with E-state index < -0.39 is 7.81 Å². The number of hydrogen-bond donors (Lipinski definition) is 0. The predicted molar refractivity (Wildman–Crippen MR) is 110 cm³/mol. The Balaban J connectivity index is 0.000000396. The van der Waals surface area contributed by atoms with Gasteiger partial charge in [-0.05, 0) is 42.3 Å². The van der Waals surface area contributed by atoms with E-state index >= 15 is 0 Å². The summed E-state index contributed by atoms with van der Waals surface area (Å²) in [5.41, 5.74) is 1.16. The van der Waals surface area contributed by atoms with Crippen LogP contribution in [0.1, 0.15) is 39.5 Å². The second-order valence-electron chi connectivity index (χ2n) is 7.23. The zero-order valence-corrected chi connectivity index (χ0v) is 17.8. The Bertz CT molecular complexity index is 980. The van der Waals surface area contributed by atoms with Gasteiger partial charge in [-0.1, -0.05) is 51.0 Å². The number of aromatic nitrogens is 1. The molecule has 30 heavy (non-hydrogen) atoms. The van der Waals surface area contributed by atoms with Crippen molar-refractivity contribution in [3.05, 3.63) is 54.7 Å². The molecule has 3 rings (SSSR count). The normalized spacial score (nSPS) is 15.1. The summed E-state index contributed by atoms with van der Waals surface area (Å²) >= 11 is 0. The monoisotopic (exact) mass is 453 g/mol. The summed E-state index contributed by atoms with van der Waals surface area (Å²) in [5, 5.41) is 3.71. The summed E-state index contributed by atoms with van der Waals surface area (Å²) in [6, 6.07) is 17.1. The van der Waals surface area contributed by atoms with Gasteiger partial charge in [0.05, 0.1) is 10.8 Å². The molecule has 2 aromatic carbocycles. The van der Waals surface area contributed by atoms with E-state index in [4.69, 9.17) is 4.84 Å². The summed E-state index contributed by atoms with van der Waals surface area (Å²) in [6.07, 6.45) is 6.99. The molecular weight excluding hydrogens is 427 g/mol. The van der Waals surface area contributed by atoms with Gasteiger partial charge in [0.15, 0.2) is 6.61 Å². The van der Waals surface area contributed by atoms with E-state index in [1.165, 1.54) is 41.8 Å². The van der Waals surface area contributed by atoms with Crippen molar-refractivity contribution in [3.8, 4) is 0 Å². The molecule has 3 aromatic rings. The summed E-state index contributed by atoms with van der Waals surface area (Å²) in [5.74, 6) is 0.632. The molecule has 0 spiro atoms. The number of rotatable bonds is 7. The van der Waals surface area contributed by atoms with Crippen LogP contribution in [-0.2, 0) is 0 Å². The first-order valence-electron chi connectivity index (χ1n) is 9.80. The Kier molecular flexibility index (Phi) is 6.92. The molecular formula is C21H26F6NOP. The van der Waals surface area contributed by atoms with Crippen LogP contribution in [0.15, 0.2) is 54.7 Å². The Labute approximate surface area is 171 Å². The Morgan fingerprint density at radius 1 is 0.867 bits per heavy atom. The zero-order chi connectivity index (χ0) is 22.5. The maximum absolute atomic E-state index is 10.7. The fraction of sp³-hybridized carbons (Fsp3) is 0.381. The van der Waals surface area contributed by atoms with Gasteiger partial charge in [-0.2, -0.15) is 0 Å². The van der Waals surface area contributed by atoms with Crippen molar-refractivity contribution in [1.29, 1.82) is 0 Å². The Hall–Kier alpha value is -2.08. The van der Waals surface area contributed by atoms with Crippen molar-refractivity contribution in [1.82, 2.24) is 0 Å². The number of pyridine rings is 1. The summed E-state index contributed by atoms with van der Waals surface area (Å²) in [4.78, 5) is 6.19. The van der Waals surface area contributed by atoms with Crippen molar-refractivity contribution in [2.75, 3.05) is 6.61 Å². The average molecular weight is 453 g/mol. The summed E-state index contributed by atoms with van der Waals surface area (Å²) in [6.45, 7) is 5.29. The fourth-order valence-corrected chi connectivity index (χ4v) is 3.14. The van der Waals surface area contributed by atoms with Crippen molar-refractivity contribution in [3.63, 3.8) is 0 Å². The van der Waals surface area contributed by atoms with Gasteiger partial charge >= 0.3 is 33.0 Å². The molecule has 9 heteroatoms. The van der Waals surface area contributed by atoms with E-state index in [9.17, 15) is 25.2 Å². The van der Waals surface area contributed by atoms with Gasteiger partial charge in [0.2, 0.25) is 6.20 Å². The van der Waals surface area contributed by atoms with E-state index in [1.54, 1.807) is 0 Å². The quantitative estimate of drug-likeness (QED) is 0.152. The van der Waals surface area contributed by atoms with E-state index in [-0.39, 0.29) is 0 Å². The van der Waals surface area contributed by atoms with Gasteiger partial charge in [-0.3, -0.25) is 4.84 Å². The Morgan fingerprint density at radius 3 is 2.10 bits per heavy atom. The molecule has 2 nitrogen and oxygen atoms in total. The van der Waals surface area contributed by atoms with Crippen LogP contribution in [0.4, 0.5) is 25.2 Å². The SMILES string of the molecule is CCCCC(CC)CO[n+]1cccc2ccc3ccccc3c21.F[P-](F)(F)(F)(F)F. The molecule has 0 fully saturated rings. The number of halogens is 6. The van der Waals surface area contributed by atoms with Crippen LogP contribution in [0.25, 0.3) is 21.7 Å². The van der Waals surface area contributed by atoms with Crippen LogP contribution in [0.3, 0.4) is 0 Å². The molecule has 1 heterocycles. The third-order valence-corrected chi connectivity index (χ3v) is 4.64. The van der Waals surface area contributed by atoms with Crippen LogP contribution in [0.5, 0.6) is 0 Å². The van der Waals surface area contributed by atoms with Gasteiger partial charge in [0, 0.05) is 10.8 Å². The van der Waals surface area contributed by atoms with Gasteiger partial charge in [-0.25, -0.2) is 0 Å².